The molecular formula is C47H70O6. The summed E-state index contributed by atoms with van der Waals surface area (Å²) in [6, 6.07) is 0. The lowest BCUT2D eigenvalue weighted by molar-refractivity contribution is -0.166. The summed E-state index contributed by atoms with van der Waals surface area (Å²) in [5.74, 6) is -1.18. The molecule has 53 heavy (non-hydrogen) atoms. The van der Waals surface area contributed by atoms with Crippen molar-refractivity contribution in [3.63, 3.8) is 0 Å². The number of rotatable bonds is 33. The third kappa shape index (κ3) is 38.9. The Morgan fingerprint density at radius 2 is 0.736 bits per heavy atom. The normalized spacial score (nSPS) is 13.3. The van der Waals surface area contributed by atoms with E-state index in [9.17, 15) is 14.4 Å². The van der Waals surface area contributed by atoms with Crippen LogP contribution in [0, 0.1) is 0 Å². The first kappa shape index (κ1) is 48.8. The predicted molar refractivity (Wildman–Crippen MR) is 223 cm³/mol. The van der Waals surface area contributed by atoms with Crippen LogP contribution in [0.15, 0.2) is 122 Å². The van der Waals surface area contributed by atoms with Crippen molar-refractivity contribution in [1.82, 2.24) is 0 Å². The van der Waals surface area contributed by atoms with E-state index in [4.69, 9.17) is 14.2 Å². The molecule has 1 atom stereocenters. The van der Waals surface area contributed by atoms with Crippen LogP contribution in [-0.4, -0.2) is 37.2 Å². The summed E-state index contributed by atoms with van der Waals surface area (Å²) >= 11 is 0. The molecule has 0 heterocycles. The second kappa shape index (κ2) is 40.6. The van der Waals surface area contributed by atoms with E-state index in [0.717, 1.165) is 77.0 Å². The Balaban J connectivity index is 4.57. The zero-order valence-electron chi connectivity index (χ0n) is 33.2. The van der Waals surface area contributed by atoms with Crippen molar-refractivity contribution < 1.29 is 28.6 Å². The van der Waals surface area contributed by atoms with E-state index in [2.05, 4.69) is 118 Å². The van der Waals surface area contributed by atoms with Gasteiger partial charge in [-0.2, -0.15) is 0 Å². The standard InChI is InChI=1S/C47H70O6/c1-4-7-10-13-16-19-21-22-23-24-25-26-27-29-32-34-37-40-46(49)52-43-44(53-47(50)41-38-35-30-18-15-12-9-6-3)42-51-45(48)39-36-33-31-28-20-17-14-11-8-5-2/h7-8,10-12,15-17,19-20,22-23,25-26,29-33,35,44H,4-6,9,13-14,18,21,24,27-28,34,36-43H2,1-3H3/b10-7-,11-8-,15-12-,19-16-,20-17-,23-22-,26-25-,32-29-,33-31?,35-30-. The fraction of sp³-hybridized carbons (Fsp3) is 0.511. The van der Waals surface area contributed by atoms with Gasteiger partial charge in [-0.1, -0.05) is 149 Å². The quantitative estimate of drug-likeness (QED) is 0.0289. The second-order valence-corrected chi connectivity index (χ2v) is 12.4. The molecule has 0 N–H and O–H groups in total. The van der Waals surface area contributed by atoms with Gasteiger partial charge in [0.05, 0.1) is 0 Å². The molecule has 1 unspecified atom stereocenters. The minimum Gasteiger partial charge on any atom is -0.462 e. The third-order valence-electron chi connectivity index (χ3n) is 7.44. The number of unbranched alkanes of at least 4 members (excludes halogenated alkanes) is 2. The van der Waals surface area contributed by atoms with Crippen LogP contribution in [0.3, 0.4) is 0 Å². The highest BCUT2D eigenvalue weighted by atomic mass is 16.6. The average Bonchev–Trinajstić information content (AvgIpc) is 3.15. The van der Waals surface area contributed by atoms with Crippen molar-refractivity contribution in [1.29, 1.82) is 0 Å². The first-order valence-electron chi connectivity index (χ1n) is 20.0. The van der Waals surface area contributed by atoms with E-state index >= 15 is 0 Å². The molecule has 6 heteroatoms. The summed E-state index contributed by atoms with van der Waals surface area (Å²) in [7, 11) is 0. The number of allylic oxidation sites excluding steroid dienone is 20. The minimum absolute atomic E-state index is 0.155. The van der Waals surface area contributed by atoms with Crippen LogP contribution in [0.4, 0.5) is 0 Å². The Hall–Kier alpha value is -4.19. The third-order valence-corrected chi connectivity index (χ3v) is 7.44. The molecule has 0 aliphatic rings. The van der Waals surface area contributed by atoms with E-state index in [0.29, 0.717) is 19.3 Å². The van der Waals surface area contributed by atoms with E-state index in [1.807, 2.05) is 24.3 Å². The van der Waals surface area contributed by atoms with Gasteiger partial charge >= 0.3 is 17.9 Å². The highest BCUT2D eigenvalue weighted by Gasteiger charge is 2.19. The molecule has 0 spiro atoms. The van der Waals surface area contributed by atoms with Gasteiger partial charge in [0.1, 0.15) is 13.2 Å². The van der Waals surface area contributed by atoms with E-state index in [-0.39, 0.29) is 38.4 Å². The van der Waals surface area contributed by atoms with Crippen LogP contribution in [-0.2, 0) is 28.6 Å². The van der Waals surface area contributed by atoms with Crippen LogP contribution in [0.25, 0.3) is 0 Å². The lowest BCUT2D eigenvalue weighted by Gasteiger charge is -2.18. The molecule has 0 aliphatic heterocycles. The Morgan fingerprint density at radius 1 is 0.396 bits per heavy atom. The zero-order valence-corrected chi connectivity index (χ0v) is 33.2. The summed E-state index contributed by atoms with van der Waals surface area (Å²) in [6.07, 6.45) is 55.2. The summed E-state index contributed by atoms with van der Waals surface area (Å²) in [5, 5.41) is 0. The first-order chi connectivity index (χ1) is 26.0. The van der Waals surface area contributed by atoms with Gasteiger partial charge in [0.15, 0.2) is 6.10 Å². The molecule has 0 aromatic rings. The molecule has 0 bridgehead atoms. The number of esters is 3. The molecule has 0 radical (unpaired) electrons. The smallest absolute Gasteiger partial charge is 0.306 e. The fourth-order valence-electron chi connectivity index (χ4n) is 4.51. The molecular weight excluding hydrogens is 661 g/mol. The zero-order chi connectivity index (χ0) is 38.7. The Labute approximate surface area is 322 Å². The van der Waals surface area contributed by atoms with Crippen LogP contribution in [0.2, 0.25) is 0 Å². The molecule has 0 rings (SSSR count). The predicted octanol–water partition coefficient (Wildman–Crippen LogP) is 12.6. The lowest BCUT2D eigenvalue weighted by atomic mass is 10.2. The first-order valence-corrected chi connectivity index (χ1v) is 20.0. The molecule has 6 nitrogen and oxygen atoms in total. The van der Waals surface area contributed by atoms with E-state index in [1.54, 1.807) is 0 Å². The maximum absolute atomic E-state index is 12.5. The number of carbonyl (C=O) groups excluding carboxylic acids is 3. The van der Waals surface area contributed by atoms with Gasteiger partial charge in [-0.3, -0.25) is 14.4 Å². The highest BCUT2D eigenvalue weighted by Crippen LogP contribution is 2.07. The second-order valence-electron chi connectivity index (χ2n) is 12.4. The van der Waals surface area contributed by atoms with Gasteiger partial charge < -0.3 is 14.2 Å². The van der Waals surface area contributed by atoms with E-state index < -0.39 is 18.0 Å². The maximum Gasteiger partial charge on any atom is 0.306 e. The van der Waals surface area contributed by atoms with Gasteiger partial charge in [-0.15, -0.1) is 0 Å². The molecule has 0 fully saturated rings. The van der Waals surface area contributed by atoms with Gasteiger partial charge in [0, 0.05) is 19.3 Å². The maximum atomic E-state index is 12.5. The number of hydrogen-bond donors (Lipinski definition) is 0. The summed E-state index contributed by atoms with van der Waals surface area (Å²) < 4.78 is 16.4. The van der Waals surface area contributed by atoms with Crippen molar-refractivity contribution in [3.05, 3.63) is 122 Å². The van der Waals surface area contributed by atoms with Crippen molar-refractivity contribution >= 4 is 17.9 Å². The molecule has 294 valence electrons. The van der Waals surface area contributed by atoms with Crippen molar-refractivity contribution in [2.75, 3.05) is 13.2 Å². The Kier molecular flexibility index (Phi) is 37.4. The van der Waals surface area contributed by atoms with Gasteiger partial charge in [-0.25, -0.2) is 0 Å². The SMILES string of the molecule is CC/C=C\C/C=C\CC=CCCC(=O)OCC(COC(=O)CCC/C=C\C/C=C\C/C=C\C/C=C\C/C=C\CC)OC(=O)CC/C=C\C/C=C\CCC. The Bertz CT molecular complexity index is 1210. The van der Waals surface area contributed by atoms with Gasteiger partial charge in [0.25, 0.3) is 0 Å². The van der Waals surface area contributed by atoms with Crippen LogP contribution >= 0.6 is 0 Å². The minimum atomic E-state index is -0.857. The largest absolute Gasteiger partial charge is 0.462 e. The van der Waals surface area contributed by atoms with Crippen LogP contribution < -0.4 is 0 Å². The van der Waals surface area contributed by atoms with Crippen molar-refractivity contribution in [2.45, 2.75) is 142 Å². The summed E-state index contributed by atoms with van der Waals surface area (Å²) in [6.45, 7) is 6.08. The Morgan fingerprint density at radius 3 is 1.15 bits per heavy atom. The van der Waals surface area contributed by atoms with Crippen LogP contribution in [0.5, 0.6) is 0 Å². The molecule has 0 aliphatic carbocycles. The summed E-state index contributed by atoms with van der Waals surface area (Å²) in [5.41, 5.74) is 0. The average molecular weight is 731 g/mol. The van der Waals surface area contributed by atoms with Crippen molar-refractivity contribution in [2.24, 2.45) is 0 Å². The summed E-state index contributed by atoms with van der Waals surface area (Å²) in [4.78, 5) is 37.4. The number of ether oxygens (including phenoxy) is 3. The highest BCUT2D eigenvalue weighted by molar-refractivity contribution is 5.71. The van der Waals surface area contributed by atoms with Gasteiger partial charge in [-0.05, 0) is 89.9 Å². The van der Waals surface area contributed by atoms with E-state index in [1.165, 1.54) is 0 Å². The topological polar surface area (TPSA) is 78.9 Å². The monoisotopic (exact) mass is 731 g/mol. The van der Waals surface area contributed by atoms with Gasteiger partial charge in [0.2, 0.25) is 0 Å². The molecule has 0 saturated heterocycles. The number of carbonyl (C=O) groups is 3. The van der Waals surface area contributed by atoms with Crippen molar-refractivity contribution in [3.8, 4) is 0 Å². The molecule has 0 aromatic heterocycles. The molecule has 0 saturated carbocycles. The molecule has 0 aromatic carbocycles. The molecule has 0 amide bonds. The lowest BCUT2D eigenvalue weighted by Crippen LogP contribution is -2.30. The number of hydrogen-bond acceptors (Lipinski definition) is 6. The van der Waals surface area contributed by atoms with Crippen LogP contribution in [0.1, 0.15) is 136 Å². The fourth-order valence-corrected chi connectivity index (χ4v) is 4.51.